The highest BCUT2D eigenvalue weighted by molar-refractivity contribution is 8.93. The van der Waals surface area contributed by atoms with Crippen LogP contribution in [0.3, 0.4) is 0 Å². The predicted molar refractivity (Wildman–Crippen MR) is 223 cm³/mol. The lowest BCUT2D eigenvalue weighted by Gasteiger charge is -2.47. The fraction of sp³-hybridized carbons (Fsp3) is 0.773. The minimum atomic E-state index is -2.51. The summed E-state index contributed by atoms with van der Waals surface area (Å²) in [5, 5.41) is 34.1. The van der Waals surface area contributed by atoms with E-state index in [1.807, 2.05) is 32.9 Å². The van der Waals surface area contributed by atoms with Gasteiger partial charge in [0.15, 0.2) is 0 Å². The van der Waals surface area contributed by atoms with Crippen LogP contribution in [-0.2, 0) is 42.9 Å². The van der Waals surface area contributed by atoms with Crippen molar-refractivity contribution >= 4 is 40.4 Å². The first-order chi connectivity index (χ1) is 27.0. The first-order valence-corrected chi connectivity index (χ1v) is 20.9. The smallest absolute Gasteiger partial charge is 0.329 e. The van der Waals surface area contributed by atoms with E-state index in [0.717, 1.165) is 5.57 Å². The summed E-state index contributed by atoms with van der Waals surface area (Å²) in [5.74, 6) is -7.76. The molecule has 2 saturated heterocycles. The molecular weight excluding hydrogens is 814 g/mol. The first-order valence-electron chi connectivity index (χ1n) is 20.9. The molecule has 14 atom stereocenters. The van der Waals surface area contributed by atoms with Gasteiger partial charge in [-0.2, -0.15) is 0 Å². The third-order valence-corrected chi connectivity index (χ3v) is 12.9. The highest BCUT2D eigenvalue weighted by Gasteiger charge is 2.56. The fourth-order valence-electron chi connectivity index (χ4n) is 9.42. The van der Waals surface area contributed by atoms with Crippen molar-refractivity contribution < 1.29 is 58.2 Å². The number of aliphatic hydroxyl groups excluding tert-OH is 2. The predicted octanol–water partition coefficient (Wildman–Crippen LogP) is 5.22. The Morgan fingerprint density at radius 1 is 0.931 bits per heavy atom. The Labute approximate surface area is 355 Å². The van der Waals surface area contributed by atoms with Gasteiger partial charge in [0, 0.05) is 52.0 Å². The monoisotopic (exact) mass is 883 g/mol. The average molecular weight is 885 g/mol. The number of piperidine rings is 1. The van der Waals surface area contributed by atoms with E-state index < -0.39 is 83.9 Å². The highest BCUT2D eigenvalue weighted by Crippen LogP contribution is 2.39. The first kappa shape index (κ1) is 50.1. The van der Waals surface area contributed by atoms with Gasteiger partial charge in [-0.05, 0) is 95.5 Å². The molecule has 3 heterocycles. The van der Waals surface area contributed by atoms with E-state index in [4.69, 9.17) is 23.7 Å². The number of hydrogen-bond donors (Lipinski definition) is 3. The van der Waals surface area contributed by atoms with Gasteiger partial charge >= 0.3 is 5.97 Å². The van der Waals surface area contributed by atoms with Crippen LogP contribution in [0.4, 0.5) is 0 Å². The molecule has 1 unspecified atom stereocenters. The molecule has 13 nitrogen and oxygen atoms in total. The van der Waals surface area contributed by atoms with Gasteiger partial charge in [-0.1, -0.05) is 44.6 Å². The molecule has 1 amide bonds. The fourth-order valence-corrected chi connectivity index (χ4v) is 9.42. The number of hydrogen-bond acceptors (Lipinski definition) is 12. The molecule has 14 heteroatoms. The number of methoxy groups -OCH3 is 3. The van der Waals surface area contributed by atoms with E-state index in [9.17, 15) is 34.5 Å². The number of halogens is 1. The molecule has 3 fully saturated rings. The summed E-state index contributed by atoms with van der Waals surface area (Å²) in [6.07, 6.45) is 4.93. The molecule has 0 aromatic carbocycles. The van der Waals surface area contributed by atoms with Crippen LogP contribution in [0, 0.1) is 29.6 Å². The molecule has 0 aromatic rings. The van der Waals surface area contributed by atoms with Gasteiger partial charge in [-0.25, -0.2) is 4.79 Å². The van der Waals surface area contributed by atoms with Crippen LogP contribution in [0.5, 0.6) is 0 Å². The average Bonchev–Trinajstić information content (AvgIpc) is 3.18. The third-order valence-electron chi connectivity index (χ3n) is 12.9. The second kappa shape index (κ2) is 22.5. The normalized spacial score (nSPS) is 40.3. The van der Waals surface area contributed by atoms with Crippen molar-refractivity contribution in [1.29, 1.82) is 0 Å². The zero-order chi connectivity index (χ0) is 42.2. The maximum atomic E-state index is 14.3. The SMILES string of the molecule is Br.C=CC[C@@H]1/C=C(\C)C[C@H](C)C[C@H](OC)[C@H]2O[C@@](O)(C(=O)C(=O)N3CCCC[C@H]3C(=O)O[C@H](/C(C)=C/C3CC[C@@H](O)[C@H](OC)C3)[C@H](C)[C@@H](O)CC1=O)[C@H](C)C[C@@H]2OC. The van der Waals surface area contributed by atoms with Crippen LogP contribution >= 0.6 is 17.0 Å². The Hall–Kier alpha value is -2.30. The van der Waals surface area contributed by atoms with Crippen LogP contribution < -0.4 is 0 Å². The van der Waals surface area contributed by atoms with E-state index in [-0.39, 0.29) is 66.5 Å². The molecule has 0 aromatic heterocycles. The molecule has 1 aliphatic carbocycles. The Morgan fingerprint density at radius 2 is 1.59 bits per heavy atom. The van der Waals surface area contributed by atoms with E-state index in [1.54, 1.807) is 27.0 Å². The maximum absolute atomic E-state index is 14.3. The number of carbonyl (C=O) groups is 4. The number of aliphatic hydroxyl groups is 3. The minimum absolute atomic E-state index is 0. The molecule has 4 rings (SSSR count). The van der Waals surface area contributed by atoms with Crippen LogP contribution in [0.15, 0.2) is 36.0 Å². The van der Waals surface area contributed by atoms with E-state index in [0.29, 0.717) is 56.9 Å². The number of amides is 1. The summed E-state index contributed by atoms with van der Waals surface area (Å²) in [4.78, 5) is 57.8. The molecule has 4 aliphatic rings. The summed E-state index contributed by atoms with van der Waals surface area (Å²) < 4.78 is 29.7. The van der Waals surface area contributed by atoms with Crippen molar-refractivity contribution in [3.8, 4) is 0 Å². The Morgan fingerprint density at radius 3 is 2.22 bits per heavy atom. The zero-order valence-corrected chi connectivity index (χ0v) is 37.5. The van der Waals surface area contributed by atoms with Crippen molar-refractivity contribution in [2.75, 3.05) is 27.9 Å². The van der Waals surface area contributed by atoms with Crippen molar-refractivity contribution in [3.05, 3.63) is 36.0 Å². The molecule has 0 radical (unpaired) electrons. The van der Waals surface area contributed by atoms with Gasteiger partial charge in [-0.15, -0.1) is 23.6 Å². The number of rotatable bonds is 7. The van der Waals surface area contributed by atoms with Crippen LogP contribution in [0.2, 0.25) is 0 Å². The number of allylic oxidation sites excluding steroid dienone is 4. The minimum Gasteiger partial charge on any atom is -0.456 e. The quantitative estimate of drug-likeness (QED) is 0.173. The second-order valence-electron chi connectivity index (χ2n) is 17.3. The van der Waals surface area contributed by atoms with Crippen molar-refractivity contribution in [1.82, 2.24) is 4.90 Å². The largest absolute Gasteiger partial charge is 0.456 e. The summed E-state index contributed by atoms with van der Waals surface area (Å²) in [6, 6.07) is -1.14. The lowest BCUT2D eigenvalue weighted by molar-refractivity contribution is -0.302. The van der Waals surface area contributed by atoms with E-state index in [1.165, 1.54) is 19.1 Å². The Kier molecular flexibility index (Phi) is 19.4. The lowest BCUT2D eigenvalue weighted by atomic mass is 9.81. The van der Waals surface area contributed by atoms with E-state index in [2.05, 4.69) is 6.58 Å². The Bertz CT molecular complexity index is 1490. The number of ketones is 2. The van der Waals surface area contributed by atoms with Crippen LogP contribution in [-0.4, -0.2) is 126 Å². The molecule has 2 bridgehead atoms. The highest BCUT2D eigenvalue weighted by atomic mass is 79.9. The van der Waals surface area contributed by atoms with Gasteiger partial charge in [0.1, 0.15) is 24.0 Å². The van der Waals surface area contributed by atoms with Gasteiger partial charge in [0.25, 0.3) is 11.7 Å². The molecule has 58 heavy (non-hydrogen) atoms. The number of carbonyl (C=O) groups excluding carboxylic acids is 4. The molecule has 1 saturated carbocycles. The second-order valence-corrected chi connectivity index (χ2v) is 17.3. The lowest BCUT2D eigenvalue weighted by Crippen LogP contribution is -2.64. The van der Waals surface area contributed by atoms with Crippen LogP contribution in [0.25, 0.3) is 0 Å². The number of nitrogens with zero attached hydrogens (tertiary/aromatic N) is 1. The summed E-state index contributed by atoms with van der Waals surface area (Å²) in [6.45, 7) is 13.1. The maximum Gasteiger partial charge on any atom is 0.329 e. The molecule has 3 N–H and O–H groups in total. The van der Waals surface area contributed by atoms with Crippen molar-refractivity contribution in [3.63, 3.8) is 0 Å². The number of ether oxygens (including phenoxy) is 5. The molecular formula is C44H70BrNO12. The Balaban J connectivity index is 0.00000900. The molecule has 330 valence electrons. The molecule has 3 aliphatic heterocycles. The zero-order valence-electron chi connectivity index (χ0n) is 35.8. The van der Waals surface area contributed by atoms with E-state index >= 15 is 0 Å². The third kappa shape index (κ3) is 12.0. The van der Waals surface area contributed by atoms with Crippen molar-refractivity contribution in [2.45, 2.75) is 160 Å². The van der Waals surface area contributed by atoms with Gasteiger partial charge in [0.05, 0.1) is 30.5 Å². The van der Waals surface area contributed by atoms with Crippen LogP contribution in [0.1, 0.15) is 105 Å². The van der Waals surface area contributed by atoms with Gasteiger partial charge in [0.2, 0.25) is 5.79 Å². The summed E-state index contributed by atoms with van der Waals surface area (Å²) in [7, 11) is 4.61. The summed E-state index contributed by atoms with van der Waals surface area (Å²) >= 11 is 0. The number of Topliss-reactive ketones (excluding diaryl/α,β-unsaturated/α-hetero) is 2. The molecule has 0 spiro atoms. The topological polar surface area (TPSA) is 178 Å². The number of cyclic esters (lactones) is 1. The van der Waals surface area contributed by atoms with Gasteiger partial charge in [-0.3, -0.25) is 14.4 Å². The summed E-state index contributed by atoms with van der Waals surface area (Å²) in [5.41, 5.74) is 1.61. The standard InChI is InChI=1S/C44H69NO12.BrH/c1-10-13-31-19-25(2)18-26(3)20-37(54-8)40-38(55-9)22-28(5)44(52,57-40)41(49)42(50)45-17-12-11-14-32(45)43(51)56-39(29(6)34(47)24-35(31)48)27(4)21-30-15-16-33(46)36(23-30)53-7;/h10,19,21,26,28-34,36-40,46-47,52H,1,11-18,20,22-24H2,2-9H3;1H/b25-19+,27-21+;/t26-,28+,29+,30?,31+,32-,33+,34-,36+,37-,38-,39+,40+,44+;/m0./s1. The van der Waals surface area contributed by atoms with Gasteiger partial charge < -0.3 is 43.9 Å². The van der Waals surface area contributed by atoms with Crippen molar-refractivity contribution in [2.24, 2.45) is 29.6 Å². The number of fused-ring (bicyclic) bond motifs is 3. The number of esters is 1.